The lowest BCUT2D eigenvalue weighted by atomic mass is 9.71. The summed E-state index contributed by atoms with van der Waals surface area (Å²) in [6.45, 7) is 6.02. The normalized spacial score (nSPS) is 18.2. The topological polar surface area (TPSA) is 46.4 Å². The molecule has 2 aromatic carbocycles. The highest BCUT2D eigenvalue weighted by Gasteiger charge is 2.37. The molecule has 3 aromatic rings. The van der Waals surface area contributed by atoms with Crippen molar-refractivity contribution in [2.24, 2.45) is 12.5 Å². The number of anilines is 1. The Morgan fingerprint density at radius 1 is 0.886 bits per heavy atom. The third-order valence-electron chi connectivity index (χ3n) is 7.90. The van der Waals surface area contributed by atoms with Crippen molar-refractivity contribution in [1.29, 1.82) is 0 Å². The van der Waals surface area contributed by atoms with Gasteiger partial charge in [-0.3, -0.25) is 0 Å². The second-order valence-electron chi connectivity index (χ2n) is 9.96. The third kappa shape index (κ3) is 5.67. The summed E-state index contributed by atoms with van der Waals surface area (Å²) in [5, 5.41) is 9.83. The molecule has 2 fully saturated rings. The number of thioether (sulfide) groups is 1. The van der Waals surface area contributed by atoms with E-state index in [0.29, 0.717) is 5.41 Å². The Morgan fingerprint density at radius 3 is 2.26 bits per heavy atom. The number of hydrogen-bond acceptors (Lipinski definition) is 6. The van der Waals surface area contributed by atoms with Gasteiger partial charge < -0.3 is 19.1 Å². The number of ether oxygens (including phenoxy) is 1. The highest BCUT2D eigenvalue weighted by Crippen LogP contribution is 2.42. The van der Waals surface area contributed by atoms with Gasteiger partial charge in [0.2, 0.25) is 0 Å². The molecule has 0 bridgehead atoms. The van der Waals surface area contributed by atoms with Crippen LogP contribution in [0.25, 0.3) is 11.4 Å². The summed E-state index contributed by atoms with van der Waals surface area (Å²) in [6.07, 6.45) is 6.52. The molecule has 0 aliphatic carbocycles. The summed E-state index contributed by atoms with van der Waals surface area (Å²) in [4.78, 5) is 5.22. The lowest BCUT2D eigenvalue weighted by molar-refractivity contribution is 0.0802. The number of nitrogens with zero attached hydrogens (tertiary/aromatic N) is 5. The molecule has 0 radical (unpaired) electrons. The van der Waals surface area contributed by atoms with Crippen LogP contribution < -0.4 is 9.64 Å². The first-order valence-electron chi connectivity index (χ1n) is 12.8. The van der Waals surface area contributed by atoms with Crippen LogP contribution in [0, 0.1) is 5.41 Å². The van der Waals surface area contributed by atoms with Gasteiger partial charge in [0.1, 0.15) is 5.75 Å². The van der Waals surface area contributed by atoms with E-state index in [1.807, 2.05) is 30.0 Å². The smallest absolute Gasteiger partial charge is 0.191 e. The van der Waals surface area contributed by atoms with Gasteiger partial charge in [-0.1, -0.05) is 42.1 Å². The van der Waals surface area contributed by atoms with E-state index in [1.165, 1.54) is 70.5 Å². The maximum atomic E-state index is 5.31. The molecule has 2 aliphatic heterocycles. The first kappa shape index (κ1) is 24.2. The van der Waals surface area contributed by atoms with Crippen LogP contribution in [0.15, 0.2) is 59.8 Å². The van der Waals surface area contributed by atoms with Crippen LogP contribution in [0.5, 0.6) is 5.75 Å². The fraction of sp³-hybridized carbons (Fsp3) is 0.500. The Kier molecular flexibility index (Phi) is 7.63. The first-order chi connectivity index (χ1) is 17.2. The second kappa shape index (κ2) is 11.0. The third-order valence-corrected chi connectivity index (χ3v) is 9.00. The van der Waals surface area contributed by atoms with Crippen LogP contribution in [0.2, 0.25) is 0 Å². The molecule has 1 aromatic heterocycles. The summed E-state index contributed by atoms with van der Waals surface area (Å²) in [5.74, 6) is 2.95. The van der Waals surface area contributed by atoms with Gasteiger partial charge in [0.15, 0.2) is 11.0 Å². The van der Waals surface area contributed by atoms with E-state index in [1.54, 1.807) is 7.11 Å². The van der Waals surface area contributed by atoms with Crippen molar-refractivity contribution < 1.29 is 4.74 Å². The molecule has 1 spiro atoms. The molecule has 5 rings (SSSR count). The van der Waals surface area contributed by atoms with Crippen molar-refractivity contribution in [2.45, 2.75) is 37.3 Å². The van der Waals surface area contributed by atoms with Crippen LogP contribution >= 0.6 is 11.8 Å². The number of methoxy groups -OCH3 is 1. The monoisotopic (exact) mass is 491 g/mol. The Hall–Kier alpha value is -2.51. The van der Waals surface area contributed by atoms with Crippen LogP contribution in [0.3, 0.4) is 0 Å². The number of piperidine rings is 2. The molecule has 0 unspecified atom stereocenters. The highest BCUT2D eigenvalue weighted by molar-refractivity contribution is 7.99. The number of aromatic nitrogens is 3. The fourth-order valence-electron chi connectivity index (χ4n) is 5.51. The van der Waals surface area contributed by atoms with Crippen molar-refractivity contribution in [3.05, 3.63) is 54.6 Å². The highest BCUT2D eigenvalue weighted by atomic mass is 32.2. The summed E-state index contributed by atoms with van der Waals surface area (Å²) in [7, 11) is 3.79. The van der Waals surface area contributed by atoms with Gasteiger partial charge in [-0.15, -0.1) is 10.2 Å². The van der Waals surface area contributed by atoms with E-state index in [2.05, 4.69) is 68.0 Å². The Labute approximate surface area is 213 Å². The van der Waals surface area contributed by atoms with Crippen molar-refractivity contribution in [3.63, 3.8) is 0 Å². The van der Waals surface area contributed by atoms with Gasteiger partial charge in [-0.2, -0.15) is 0 Å². The summed E-state index contributed by atoms with van der Waals surface area (Å²) >= 11 is 1.82. The Morgan fingerprint density at radius 2 is 1.57 bits per heavy atom. The zero-order valence-electron chi connectivity index (χ0n) is 21.0. The zero-order chi connectivity index (χ0) is 24.1. The Balaban J connectivity index is 1.03. The SMILES string of the molecule is COc1ccc(N2CCC3(CCN(CCCSc4nnc(-c5ccccc5)n4C)CC3)CC2)cc1. The summed E-state index contributed by atoms with van der Waals surface area (Å²) in [5.41, 5.74) is 3.00. The quantitative estimate of drug-likeness (QED) is 0.312. The van der Waals surface area contributed by atoms with E-state index < -0.39 is 0 Å². The van der Waals surface area contributed by atoms with Crippen LogP contribution in [-0.4, -0.2) is 65.3 Å². The number of hydrogen-bond donors (Lipinski definition) is 0. The average Bonchev–Trinajstić information content (AvgIpc) is 3.29. The lowest BCUT2D eigenvalue weighted by Gasteiger charge is -2.47. The standard InChI is InChI=1S/C28H37N5OS/c1-31-26(23-7-4-3-5-8-23)29-30-27(31)35-22-6-17-32-18-13-28(14-19-32)15-20-33(21-16-28)24-9-11-25(34-2)12-10-24/h3-5,7-12H,6,13-22H2,1-2H3. The van der Waals surface area contributed by atoms with Gasteiger partial charge >= 0.3 is 0 Å². The summed E-state index contributed by atoms with van der Waals surface area (Å²) in [6, 6.07) is 18.8. The van der Waals surface area contributed by atoms with Crippen molar-refractivity contribution >= 4 is 17.4 Å². The molecule has 7 heteroatoms. The van der Waals surface area contributed by atoms with Gasteiger partial charge in [0, 0.05) is 37.1 Å². The van der Waals surface area contributed by atoms with Crippen molar-refractivity contribution in [3.8, 4) is 17.1 Å². The molecular formula is C28H37N5OS. The minimum Gasteiger partial charge on any atom is -0.497 e. The van der Waals surface area contributed by atoms with E-state index in [9.17, 15) is 0 Å². The van der Waals surface area contributed by atoms with Crippen LogP contribution in [0.1, 0.15) is 32.1 Å². The van der Waals surface area contributed by atoms with Crippen LogP contribution in [-0.2, 0) is 7.05 Å². The van der Waals surface area contributed by atoms with E-state index in [4.69, 9.17) is 4.74 Å². The minimum absolute atomic E-state index is 0.556. The van der Waals surface area contributed by atoms with Crippen molar-refractivity contribution in [2.75, 3.05) is 50.5 Å². The Bertz CT molecular complexity index is 1070. The molecular weight excluding hydrogens is 454 g/mol. The maximum absolute atomic E-state index is 5.31. The predicted octanol–water partition coefficient (Wildman–Crippen LogP) is 5.36. The molecule has 0 atom stereocenters. The zero-order valence-corrected chi connectivity index (χ0v) is 21.8. The molecule has 0 saturated carbocycles. The van der Waals surface area contributed by atoms with E-state index >= 15 is 0 Å². The molecule has 0 amide bonds. The van der Waals surface area contributed by atoms with Gasteiger partial charge in [-0.05, 0) is 81.4 Å². The molecule has 6 nitrogen and oxygen atoms in total. The fourth-order valence-corrected chi connectivity index (χ4v) is 6.35. The van der Waals surface area contributed by atoms with Gasteiger partial charge in [0.05, 0.1) is 7.11 Å². The molecule has 0 N–H and O–H groups in total. The second-order valence-corrected chi connectivity index (χ2v) is 11.0. The summed E-state index contributed by atoms with van der Waals surface area (Å²) < 4.78 is 7.42. The predicted molar refractivity (Wildman–Crippen MR) is 144 cm³/mol. The number of benzene rings is 2. The molecule has 2 aliphatic rings. The minimum atomic E-state index is 0.556. The number of rotatable bonds is 8. The molecule has 186 valence electrons. The average molecular weight is 492 g/mol. The number of likely N-dealkylation sites (tertiary alicyclic amines) is 1. The van der Waals surface area contributed by atoms with Gasteiger partial charge in [-0.25, -0.2) is 0 Å². The molecule has 35 heavy (non-hydrogen) atoms. The van der Waals surface area contributed by atoms with Crippen molar-refractivity contribution in [1.82, 2.24) is 19.7 Å². The van der Waals surface area contributed by atoms with Crippen LogP contribution in [0.4, 0.5) is 5.69 Å². The lowest BCUT2D eigenvalue weighted by Crippen LogP contribution is -2.47. The largest absolute Gasteiger partial charge is 0.497 e. The van der Waals surface area contributed by atoms with E-state index in [-0.39, 0.29) is 0 Å². The van der Waals surface area contributed by atoms with Gasteiger partial charge in [0.25, 0.3) is 0 Å². The van der Waals surface area contributed by atoms with E-state index in [0.717, 1.165) is 28.0 Å². The molecule has 3 heterocycles. The first-order valence-corrected chi connectivity index (χ1v) is 13.8. The maximum Gasteiger partial charge on any atom is 0.191 e. The molecule has 2 saturated heterocycles.